The molecule has 1 aromatic rings. The van der Waals surface area contributed by atoms with E-state index in [0.717, 1.165) is 0 Å². The predicted molar refractivity (Wildman–Crippen MR) is 76.1 cm³/mol. The minimum absolute atomic E-state index is 0.0710. The molecule has 7 heteroatoms. The third kappa shape index (κ3) is 5.27. The van der Waals surface area contributed by atoms with Gasteiger partial charge >= 0.3 is 5.97 Å². The summed E-state index contributed by atoms with van der Waals surface area (Å²) in [5, 5.41) is 12.0. The molecule has 1 atom stereocenters. The van der Waals surface area contributed by atoms with Crippen LogP contribution >= 0.6 is 34.8 Å². The van der Waals surface area contributed by atoms with E-state index in [0.29, 0.717) is 5.02 Å². The number of anilines is 1. The van der Waals surface area contributed by atoms with Crippen molar-refractivity contribution in [3.05, 3.63) is 27.2 Å². The second kappa shape index (κ2) is 6.98. The summed E-state index contributed by atoms with van der Waals surface area (Å²) in [4.78, 5) is 22.2. The molecule has 19 heavy (non-hydrogen) atoms. The molecule has 1 unspecified atom stereocenters. The monoisotopic (exact) mass is 323 g/mol. The molecule has 0 aromatic heterocycles. The maximum atomic E-state index is 11.7. The Labute approximate surface area is 125 Å². The van der Waals surface area contributed by atoms with Crippen LogP contribution in [0.1, 0.15) is 19.8 Å². The highest BCUT2D eigenvalue weighted by Gasteiger charge is 2.15. The van der Waals surface area contributed by atoms with Gasteiger partial charge in [0.1, 0.15) is 0 Å². The van der Waals surface area contributed by atoms with E-state index < -0.39 is 5.97 Å². The van der Waals surface area contributed by atoms with Gasteiger partial charge in [0, 0.05) is 17.9 Å². The van der Waals surface area contributed by atoms with Gasteiger partial charge in [0.25, 0.3) is 0 Å². The second-order valence-electron chi connectivity index (χ2n) is 4.20. The summed E-state index contributed by atoms with van der Waals surface area (Å²) < 4.78 is 0. The molecular weight excluding hydrogens is 312 g/mol. The van der Waals surface area contributed by atoms with Gasteiger partial charge in [-0.05, 0) is 18.1 Å². The van der Waals surface area contributed by atoms with Crippen molar-refractivity contribution in [1.29, 1.82) is 0 Å². The molecule has 0 bridgehead atoms. The summed E-state index contributed by atoms with van der Waals surface area (Å²) in [6, 6.07) is 2.93. The molecule has 0 fully saturated rings. The highest BCUT2D eigenvalue weighted by molar-refractivity contribution is 6.42. The summed E-state index contributed by atoms with van der Waals surface area (Å²) in [6.45, 7) is 1.68. The van der Waals surface area contributed by atoms with Gasteiger partial charge in [-0.25, -0.2) is 0 Å². The molecule has 2 N–H and O–H groups in total. The standard InChI is InChI=1S/C12H12Cl3NO3/c1-6(3-11(18)19)2-10(17)16-12-8(14)4-7(13)5-9(12)15/h4-6H,2-3H2,1H3,(H,16,17)(H,18,19). The topological polar surface area (TPSA) is 66.4 Å². The van der Waals surface area contributed by atoms with E-state index in [9.17, 15) is 9.59 Å². The maximum absolute atomic E-state index is 11.7. The first kappa shape index (κ1) is 16.1. The van der Waals surface area contributed by atoms with Crippen LogP contribution in [0, 0.1) is 5.92 Å². The third-order valence-electron chi connectivity index (χ3n) is 2.33. The summed E-state index contributed by atoms with van der Waals surface area (Å²) in [5.41, 5.74) is 0.278. The van der Waals surface area contributed by atoms with Crippen molar-refractivity contribution in [2.24, 2.45) is 5.92 Å². The van der Waals surface area contributed by atoms with Crippen LogP contribution in [0.25, 0.3) is 0 Å². The van der Waals surface area contributed by atoms with Crippen molar-refractivity contribution in [3.8, 4) is 0 Å². The van der Waals surface area contributed by atoms with Crippen molar-refractivity contribution in [1.82, 2.24) is 0 Å². The summed E-state index contributed by atoms with van der Waals surface area (Å²) in [6.07, 6.45) is -0.00289. The van der Waals surface area contributed by atoms with E-state index in [2.05, 4.69) is 5.32 Å². The molecule has 1 amide bonds. The van der Waals surface area contributed by atoms with Gasteiger partial charge < -0.3 is 10.4 Å². The van der Waals surface area contributed by atoms with E-state index in [1.165, 1.54) is 12.1 Å². The fourth-order valence-electron chi connectivity index (χ4n) is 1.54. The Bertz CT molecular complexity index is 482. The molecule has 4 nitrogen and oxygen atoms in total. The van der Waals surface area contributed by atoms with Crippen LogP contribution in [-0.4, -0.2) is 17.0 Å². The highest BCUT2D eigenvalue weighted by atomic mass is 35.5. The largest absolute Gasteiger partial charge is 0.481 e. The summed E-state index contributed by atoms with van der Waals surface area (Å²) in [5.74, 6) is -1.56. The molecular formula is C12H12Cl3NO3. The zero-order valence-electron chi connectivity index (χ0n) is 10.0. The molecule has 0 saturated carbocycles. The number of amides is 1. The molecule has 0 heterocycles. The molecule has 0 saturated heterocycles. The van der Waals surface area contributed by atoms with Crippen LogP contribution in [0.3, 0.4) is 0 Å². The van der Waals surface area contributed by atoms with Crippen LogP contribution in [0.5, 0.6) is 0 Å². The maximum Gasteiger partial charge on any atom is 0.303 e. The molecule has 0 aliphatic heterocycles. The van der Waals surface area contributed by atoms with Crippen LogP contribution in [0.2, 0.25) is 15.1 Å². The predicted octanol–water partition coefficient (Wildman–Crippen LogP) is 4.09. The quantitative estimate of drug-likeness (QED) is 0.857. The average Bonchev–Trinajstić information content (AvgIpc) is 2.21. The number of nitrogens with one attached hydrogen (secondary N) is 1. The van der Waals surface area contributed by atoms with Crippen LogP contribution < -0.4 is 5.32 Å². The molecule has 0 aliphatic rings. The van der Waals surface area contributed by atoms with E-state index in [1.54, 1.807) is 6.92 Å². The third-order valence-corrected chi connectivity index (χ3v) is 3.14. The lowest BCUT2D eigenvalue weighted by atomic mass is 10.0. The number of hydrogen-bond donors (Lipinski definition) is 2. The number of carbonyl (C=O) groups excluding carboxylic acids is 1. The highest BCUT2D eigenvalue weighted by Crippen LogP contribution is 2.33. The average molecular weight is 325 g/mol. The number of carbonyl (C=O) groups is 2. The Hall–Kier alpha value is -0.970. The SMILES string of the molecule is CC(CC(=O)O)CC(=O)Nc1c(Cl)cc(Cl)cc1Cl. The fourth-order valence-corrected chi connectivity index (χ4v) is 2.45. The molecule has 0 aliphatic carbocycles. The van der Waals surface area contributed by atoms with Gasteiger partial charge in [0.15, 0.2) is 0 Å². The van der Waals surface area contributed by atoms with Crippen molar-refractivity contribution >= 4 is 52.4 Å². The first-order valence-electron chi connectivity index (χ1n) is 5.45. The fraction of sp³-hybridized carbons (Fsp3) is 0.333. The number of halogens is 3. The zero-order valence-corrected chi connectivity index (χ0v) is 12.3. The molecule has 104 valence electrons. The normalized spacial score (nSPS) is 12.0. The van der Waals surface area contributed by atoms with Crippen LogP contribution in [0.15, 0.2) is 12.1 Å². The molecule has 0 radical (unpaired) electrons. The van der Waals surface area contributed by atoms with Crippen molar-refractivity contribution in [2.75, 3.05) is 5.32 Å². The Morgan fingerprint density at radius 2 is 1.74 bits per heavy atom. The Balaban J connectivity index is 2.70. The van der Waals surface area contributed by atoms with Gasteiger partial charge in [0.2, 0.25) is 5.91 Å². The van der Waals surface area contributed by atoms with Gasteiger partial charge in [-0.1, -0.05) is 41.7 Å². The van der Waals surface area contributed by atoms with Gasteiger partial charge in [-0.15, -0.1) is 0 Å². The number of hydrogen-bond acceptors (Lipinski definition) is 2. The Morgan fingerprint density at radius 3 is 2.21 bits per heavy atom. The smallest absolute Gasteiger partial charge is 0.303 e. The van der Waals surface area contributed by atoms with Crippen LogP contribution in [-0.2, 0) is 9.59 Å². The summed E-state index contributed by atoms with van der Waals surface area (Å²) in [7, 11) is 0. The molecule has 0 spiro atoms. The Morgan fingerprint density at radius 1 is 1.21 bits per heavy atom. The van der Waals surface area contributed by atoms with Crippen molar-refractivity contribution in [3.63, 3.8) is 0 Å². The first-order chi connectivity index (χ1) is 8.79. The minimum Gasteiger partial charge on any atom is -0.481 e. The Kier molecular flexibility index (Phi) is 5.91. The number of benzene rings is 1. The van der Waals surface area contributed by atoms with Gasteiger partial charge in [-0.3, -0.25) is 9.59 Å². The minimum atomic E-state index is -0.942. The number of carboxylic acids is 1. The van der Waals surface area contributed by atoms with Gasteiger partial charge in [-0.2, -0.15) is 0 Å². The molecule has 1 rings (SSSR count). The summed E-state index contributed by atoms with van der Waals surface area (Å²) >= 11 is 17.6. The second-order valence-corrected chi connectivity index (χ2v) is 5.45. The lowest BCUT2D eigenvalue weighted by Gasteiger charge is -2.12. The van der Waals surface area contributed by atoms with Crippen LogP contribution in [0.4, 0.5) is 5.69 Å². The van der Waals surface area contributed by atoms with E-state index in [1.807, 2.05) is 0 Å². The van der Waals surface area contributed by atoms with E-state index in [-0.39, 0.29) is 40.4 Å². The first-order valence-corrected chi connectivity index (χ1v) is 6.59. The van der Waals surface area contributed by atoms with Crippen molar-refractivity contribution < 1.29 is 14.7 Å². The van der Waals surface area contributed by atoms with Gasteiger partial charge in [0.05, 0.1) is 15.7 Å². The number of rotatable bonds is 5. The van der Waals surface area contributed by atoms with E-state index in [4.69, 9.17) is 39.9 Å². The molecule has 1 aromatic carbocycles. The lowest BCUT2D eigenvalue weighted by Crippen LogP contribution is -2.17. The zero-order chi connectivity index (χ0) is 14.6. The van der Waals surface area contributed by atoms with E-state index >= 15 is 0 Å². The lowest BCUT2D eigenvalue weighted by molar-refractivity contribution is -0.138. The number of carboxylic acid groups (broad SMARTS) is 1. The number of aliphatic carboxylic acids is 1. The van der Waals surface area contributed by atoms with Crippen molar-refractivity contribution in [2.45, 2.75) is 19.8 Å².